The maximum absolute atomic E-state index is 12.5. The van der Waals surface area contributed by atoms with Crippen molar-refractivity contribution in [3.05, 3.63) is 54.5 Å². The number of rotatable bonds is 7. The molecule has 0 saturated carbocycles. The molecular formula is C20H27N5O. The molecule has 1 atom stereocenters. The van der Waals surface area contributed by atoms with Crippen LogP contribution in [-0.4, -0.2) is 53.5 Å². The fourth-order valence-electron chi connectivity index (χ4n) is 3.33. The Labute approximate surface area is 155 Å². The summed E-state index contributed by atoms with van der Waals surface area (Å²) in [6.45, 7) is 6.03. The van der Waals surface area contributed by atoms with Gasteiger partial charge in [0.15, 0.2) is 0 Å². The van der Waals surface area contributed by atoms with E-state index >= 15 is 0 Å². The van der Waals surface area contributed by atoms with Gasteiger partial charge < -0.3 is 10.2 Å². The van der Waals surface area contributed by atoms with E-state index in [2.05, 4.69) is 44.1 Å². The molecule has 1 aromatic carbocycles. The van der Waals surface area contributed by atoms with Gasteiger partial charge in [0.2, 0.25) is 5.91 Å². The summed E-state index contributed by atoms with van der Waals surface area (Å²) in [5.74, 6) is 1.00. The lowest BCUT2D eigenvalue weighted by Gasteiger charge is -2.35. The first-order valence-corrected chi connectivity index (χ1v) is 9.34. The average Bonchev–Trinajstić information content (AvgIpc) is 2.69. The molecule has 1 N–H and O–H groups in total. The summed E-state index contributed by atoms with van der Waals surface area (Å²) >= 11 is 0. The van der Waals surface area contributed by atoms with Crippen LogP contribution in [0.5, 0.6) is 0 Å². The highest BCUT2D eigenvalue weighted by Gasteiger charge is 2.21. The van der Waals surface area contributed by atoms with E-state index in [1.54, 1.807) is 18.6 Å². The number of benzene rings is 1. The van der Waals surface area contributed by atoms with E-state index in [0.29, 0.717) is 6.54 Å². The van der Waals surface area contributed by atoms with Crippen molar-refractivity contribution >= 4 is 11.7 Å². The van der Waals surface area contributed by atoms with Crippen molar-refractivity contribution < 1.29 is 4.79 Å². The van der Waals surface area contributed by atoms with Crippen LogP contribution in [0.25, 0.3) is 0 Å². The highest BCUT2D eigenvalue weighted by atomic mass is 16.2. The van der Waals surface area contributed by atoms with Crippen LogP contribution in [-0.2, 0) is 4.79 Å². The van der Waals surface area contributed by atoms with E-state index in [-0.39, 0.29) is 11.9 Å². The van der Waals surface area contributed by atoms with Gasteiger partial charge in [-0.15, -0.1) is 0 Å². The second-order valence-corrected chi connectivity index (χ2v) is 6.65. The Morgan fingerprint density at radius 3 is 2.58 bits per heavy atom. The fourth-order valence-corrected chi connectivity index (χ4v) is 3.33. The van der Waals surface area contributed by atoms with Crippen LogP contribution in [0.1, 0.15) is 31.4 Å². The molecule has 0 unspecified atom stereocenters. The maximum atomic E-state index is 12.5. The van der Waals surface area contributed by atoms with Crippen LogP contribution in [0.15, 0.2) is 48.9 Å². The molecule has 6 nitrogen and oxygen atoms in total. The SMILES string of the molecule is CCC[C@H](NC(=O)CN1CCN(c2cnccn2)CC1)c1ccccc1. The summed E-state index contributed by atoms with van der Waals surface area (Å²) in [7, 11) is 0. The number of hydrogen-bond donors (Lipinski definition) is 1. The third-order valence-electron chi connectivity index (χ3n) is 4.73. The minimum Gasteiger partial charge on any atom is -0.353 e. The normalized spacial score (nSPS) is 16.3. The molecule has 0 aliphatic carbocycles. The first-order valence-electron chi connectivity index (χ1n) is 9.34. The predicted molar refractivity (Wildman–Crippen MR) is 103 cm³/mol. The number of nitrogens with zero attached hydrogens (tertiary/aromatic N) is 4. The van der Waals surface area contributed by atoms with Crippen molar-refractivity contribution in [2.45, 2.75) is 25.8 Å². The van der Waals surface area contributed by atoms with Crippen LogP contribution >= 0.6 is 0 Å². The topological polar surface area (TPSA) is 61.4 Å². The highest BCUT2D eigenvalue weighted by molar-refractivity contribution is 5.78. The first-order chi connectivity index (χ1) is 12.8. The molecule has 1 saturated heterocycles. The Morgan fingerprint density at radius 1 is 1.15 bits per heavy atom. The number of nitrogens with one attached hydrogen (secondary N) is 1. The summed E-state index contributed by atoms with van der Waals surface area (Å²) in [4.78, 5) is 25.4. The molecular weight excluding hydrogens is 326 g/mol. The van der Waals surface area contributed by atoms with Gasteiger partial charge in [-0.2, -0.15) is 0 Å². The van der Waals surface area contributed by atoms with Crippen molar-refractivity contribution in [1.82, 2.24) is 20.2 Å². The predicted octanol–water partition coefficient (Wildman–Crippen LogP) is 2.26. The molecule has 1 aliphatic rings. The number of anilines is 1. The van der Waals surface area contributed by atoms with Gasteiger partial charge in [-0.1, -0.05) is 43.7 Å². The largest absolute Gasteiger partial charge is 0.353 e. The smallest absolute Gasteiger partial charge is 0.234 e. The molecule has 138 valence electrons. The number of aromatic nitrogens is 2. The monoisotopic (exact) mass is 353 g/mol. The van der Waals surface area contributed by atoms with E-state index < -0.39 is 0 Å². The van der Waals surface area contributed by atoms with Crippen molar-refractivity contribution in [3.8, 4) is 0 Å². The number of hydrogen-bond acceptors (Lipinski definition) is 5. The molecule has 1 aliphatic heterocycles. The van der Waals surface area contributed by atoms with Gasteiger partial charge in [0, 0.05) is 38.6 Å². The van der Waals surface area contributed by atoms with Crippen LogP contribution in [0.2, 0.25) is 0 Å². The molecule has 1 aromatic heterocycles. The van der Waals surface area contributed by atoms with Gasteiger partial charge >= 0.3 is 0 Å². The molecule has 6 heteroatoms. The molecule has 2 aromatic rings. The standard InChI is InChI=1S/C20H27N5O/c1-2-6-18(17-7-4-3-5-8-17)23-20(26)16-24-11-13-25(14-12-24)19-15-21-9-10-22-19/h3-5,7-10,15,18H,2,6,11-14,16H2,1H3,(H,23,26)/t18-/m0/s1. The zero-order valence-corrected chi connectivity index (χ0v) is 15.3. The Balaban J connectivity index is 1.49. The van der Waals surface area contributed by atoms with Crippen molar-refractivity contribution in [2.24, 2.45) is 0 Å². The number of carbonyl (C=O) groups is 1. The van der Waals surface area contributed by atoms with Crippen molar-refractivity contribution in [2.75, 3.05) is 37.6 Å². The van der Waals surface area contributed by atoms with Crippen molar-refractivity contribution in [3.63, 3.8) is 0 Å². The minimum absolute atomic E-state index is 0.0922. The maximum Gasteiger partial charge on any atom is 0.234 e. The zero-order chi connectivity index (χ0) is 18.2. The van der Waals surface area contributed by atoms with Gasteiger partial charge in [0.1, 0.15) is 5.82 Å². The zero-order valence-electron chi connectivity index (χ0n) is 15.3. The fraction of sp³-hybridized carbons (Fsp3) is 0.450. The molecule has 0 radical (unpaired) electrons. The Morgan fingerprint density at radius 2 is 1.92 bits per heavy atom. The quantitative estimate of drug-likeness (QED) is 0.827. The lowest BCUT2D eigenvalue weighted by molar-refractivity contribution is -0.123. The number of carbonyl (C=O) groups excluding carboxylic acids is 1. The molecule has 1 fully saturated rings. The van der Waals surface area contributed by atoms with E-state index in [4.69, 9.17) is 0 Å². The van der Waals surface area contributed by atoms with Gasteiger partial charge in [-0.05, 0) is 12.0 Å². The lowest BCUT2D eigenvalue weighted by atomic mass is 10.0. The summed E-state index contributed by atoms with van der Waals surface area (Å²) in [6, 6.07) is 10.3. The lowest BCUT2D eigenvalue weighted by Crippen LogP contribution is -2.50. The molecule has 1 amide bonds. The van der Waals surface area contributed by atoms with E-state index in [9.17, 15) is 4.79 Å². The van der Waals surface area contributed by atoms with Crippen LogP contribution in [0.3, 0.4) is 0 Å². The van der Waals surface area contributed by atoms with Gasteiger partial charge in [0.25, 0.3) is 0 Å². The highest BCUT2D eigenvalue weighted by Crippen LogP contribution is 2.18. The minimum atomic E-state index is 0.0922. The summed E-state index contributed by atoms with van der Waals surface area (Å²) in [5, 5.41) is 3.21. The molecule has 3 rings (SSSR count). The van der Waals surface area contributed by atoms with Gasteiger partial charge in [-0.25, -0.2) is 4.98 Å². The van der Waals surface area contributed by atoms with E-state index in [1.165, 1.54) is 5.56 Å². The first kappa shape index (κ1) is 18.3. The van der Waals surface area contributed by atoms with Crippen LogP contribution < -0.4 is 10.2 Å². The third-order valence-corrected chi connectivity index (χ3v) is 4.73. The summed E-state index contributed by atoms with van der Waals surface area (Å²) in [5.41, 5.74) is 1.18. The van der Waals surface area contributed by atoms with Gasteiger partial charge in [-0.3, -0.25) is 14.7 Å². The molecule has 0 spiro atoms. The average molecular weight is 353 g/mol. The van der Waals surface area contributed by atoms with Crippen LogP contribution in [0, 0.1) is 0 Å². The summed E-state index contributed by atoms with van der Waals surface area (Å²) in [6.07, 6.45) is 7.18. The molecule has 0 bridgehead atoms. The molecule has 2 heterocycles. The molecule has 26 heavy (non-hydrogen) atoms. The van der Waals surface area contributed by atoms with E-state index in [1.807, 2.05) is 18.2 Å². The van der Waals surface area contributed by atoms with Crippen molar-refractivity contribution in [1.29, 1.82) is 0 Å². The van der Waals surface area contributed by atoms with E-state index in [0.717, 1.165) is 44.8 Å². The number of amides is 1. The number of piperazine rings is 1. The Kier molecular flexibility index (Phi) is 6.55. The Hall–Kier alpha value is -2.47. The Bertz CT molecular complexity index is 671. The van der Waals surface area contributed by atoms with Gasteiger partial charge in [0.05, 0.1) is 18.8 Å². The second-order valence-electron chi connectivity index (χ2n) is 6.65. The summed E-state index contributed by atoms with van der Waals surface area (Å²) < 4.78 is 0. The van der Waals surface area contributed by atoms with Crippen LogP contribution in [0.4, 0.5) is 5.82 Å². The third kappa shape index (κ3) is 5.02. The second kappa shape index (κ2) is 9.29.